The summed E-state index contributed by atoms with van der Waals surface area (Å²) in [4.78, 5) is 24.9. The number of carbonyl (C=O) groups excluding carboxylic acids is 1. The topological polar surface area (TPSA) is 106 Å². The Morgan fingerprint density at radius 2 is 1.76 bits per heavy atom. The lowest BCUT2D eigenvalue weighted by Crippen LogP contribution is -2.28. The van der Waals surface area contributed by atoms with E-state index in [0.29, 0.717) is 28.4 Å². The van der Waals surface area contributed by atoms with E-state index in [1.165, 1.54) is 27.4 Å². The number of fused-ring (bicyclic) bond motifs is 2. The number of nitrogens with zero attached hydrogens (tertiary/aromatic N) is 1. The van der Waals surface area contributed by atoms with Gasteiger partial charge in [0.05, 0.1) is 37.9 Å². The molecule has 0 aromatic heterocycles. The molecule has 2 heterocycles. The second kappa shape index (κ2) is 8.16. The summed E-state index contributed by atoms with van der Waals surface area (Å²) in [6, 6.07) is 4.61. The van der Waals surface area contributed by atoms with Crippen LogP contribution in [0.1, 0.15) is 35.3 Å². The predicted octanol–water partition coefficient (Wildman–Crippen LogP) is 4.46. The van der Waals surface area contributed by atoms with Crippen molar-refractivity contribution in [1.82, 2.24) is 0 Å². The van der Waals surface area contributed by atoms with Crippen molar-refractivity contribution in [2.45, 2.75) is 19.4 Å². The molecule has 9 heteroatoms. The monoisotopic (exact) mass is 453 g/mol. The minimum Gasteiger partial charge on any atom is -0.495 e. The summed E-state index contributed by atoms with van der Waals surface area (Å²) in [5.74, 6) is 1.25. The third-order valence-corrected chi connectivity index (χ3v) is 5.43. The molecule has 0 saturated heterocycles. The molecule has 0 unspecified atom stereocenters. The van der Waals surface area contributed by atoms with Crippen LogP contribution in [0.2, 0.25) is 0 Å². The highest BCUT2D eigenvalue weighted by Crippen LogP contribution is 2.45. The van der Waals surface area contributed by atoms with Gasteiger partial charge in [0.25, 0.3) is 5.69 Å². The Balaban J connectivity index is 1.85. The van der Waals surface area contributed by atoms with E-state index in [2.05, 4.69) is 0 Å². The largest absolute Gasteiger partial charge is 0.495 e. The van der Waals surface area contributed by atoms with Gasteiger partial charge in [0, 0.05) is 17.2 Å². The van der Waals surface area contributed by atoms with E-state index in [-0.39, 0.29) is 29.2 Å². The van der Waals surface area contributed by atoms with E-state index in [4.69, 9.17) is 23.7 Å². The Kier molecular flexibility index (Phi) is 5.49. The highest BCUT2D eigenvalue weighted by Gasteiger charge is 2.35. The van der Waals surface area contributed by atoms with Crippen molar-refractivity contribution in [3.63, 3.8) is 0 Å². The number of Topliss-reactive ketones (excluding diaryl/α,β-unsaturated/α-hetero) is 1. The second-order valence-corrected chi connectivity index (χ2v) is 8.04. The maximum atomic E-state index is 13.6. The van der Waals surface area contributed by atoms with Crippen molar-refractivity contribution in [3.8, 4) is 28.7 Å². The van der Waals surface area contributed by atoms with E-state index >= 15 is 0 Å². The lowest BCUT2D eigenvalue weighted by atomic mass is 9.93. The number of carbonyl (C=O) groups is 1. The van der Waals surface area contributed by atoms with Crippen molar-refractivity contribution in [2.24, 2.45) is 0 Å². The quantitative estimate of drug-likeness (QED) is 0.358. The fourth-order valence-corrected chi connectivity index (χ4v) is 3.85. The predicted molar refractivity (Wildman–Crippen MR) is 121 cm³/mol. The molecule has 172 valence electrons. The molecule has 0 fully saturated rings. The van der Waals surface area contributed by atoms with Crippen LogP contribution in [0.3, 0.4) is 0 Å². The highest BCUT2D eigenvalue weighted by atomic mass is 16.6. The van der Waals surface area contributed by atoms with E-state index in [9.17, 15) is 14.9 Å². The van der Waals surface area contributed by atoms with E-state index in [0.717, 1.165) is 0 Å². The van der Waals surface area contributed by atoms with Gasteiger partial charge in [-0.3, -0.25) is 14.9 Å². The van der Waals surface area contributed by atoms with Gasteiger partial charge in [-0.15, -0.1) is 0 Å². The number of ether oxygens (including phenoxy) is 5. The lowest BCUT2D eigenvalue weighted by molar-refractivity contribution is -0.385. The normalized spacial score (nSPS) is 15.2. The van der Waals surface area contributed by atoms with E-state index < -0.39 is 22.0 Å². The maximum absolute atomic E-state index is 13.6. The van der Waals surface area contributed by atoms with E-state index in [1.807, 2.05) is 13.8 Å². The number of nitro groups is 1. The Morgan fingerprint density at radius 3 is 2.39 bits per heavy atom. The number of rotatable bonds is 6. The Hall–Kier alpha value is -4.01. The van der Waals surface area contributed by atoms with Crippen LogP contribution in [0, 0.1) is 10.1 Å². The van der Waals surface area contributed by atoms with Gasteiger partial charge in [0.1, 0.15) is 35.0 Å². The lowest BCUT2D eigenvalue weighted by Gasteiger charge is -2.29. The molecule has 2 aromatic rings. The van der Waals surface area contributed by atoms with Crippen LogP contribution in [-0.4, -0.2) is 44.2 Å². The molecule has 0 amide bonds. The number of ketones is 1. The standard InChI is InChI=1S/C24H23NO8/c1-24(2)7-6-15-18(33-24)10-16(25(27)28)21(23(15)31-5)22(26)14-8-13-9-19(29-3)20(30-4)11-17(13)32-12-14/h6-11H,12H2,1-5H3. The van der Waals surface area contributed by atoms with Crippen LogP contribution in [-0.2, 0) is 0 Å². The summed E-state index contributed by atoms with van der Waals surface area (Å²) < 4.78 is 27.7. The second-order valence-electron chi connectivity index (χ2n) is 8.04. The van der Waals surface area contributed by atoms with Crippen molar-refractivity contribution >= 4 is 23.6 Å². The first-order valence-electron chi connectivity index (χ1n) is 10.1. The van der Waals surface area contributed by atoms with Crippen LogP contribution < -0.4 is 23.7 Å². The Labute approximate surface area is 190 Å². The maximum Gasteiger partial charge on any atom is 0.288 e. The van der Waals surface area contributed by atoms with Crippen LogP contribution in [0.5, 0.6) is 28.7 Å². The molecule has 2 aliphatic rings. The van der Waals surface area contributed by atoms with Gasteiger partial charge in [-0.25, -0.2) is 0 Å². The first-order chi connectivity index (χ1) is 15.7. The average Bonchev–Trinajstić information content (AvgIpc) is 2.80. The summed E-state index contributed by atoms with van der Waals surface area (Å²) >= 11 is 0. The molecule has 2 aromatic carbocycles. The molecule has 0 saturated carbocycles. The molecule has 0 spiro atoms. The van der Waals surface area contributed by atoms with Gasteiger partial charge in [0.15, 0.2) is 11.5 Å². The van der Waals surface area contributed by atoms with Gasteiger partial charge < -0.3 is 23.7 Å². The Bertz CT molecular complexity index is 1230. The van der Waals surface area contributed by atoms with Crippen molar-refractivity contribution in [2.75, 3.05) is 27.9 Å². The number of nitro benzene ring substituents is 1. The van der Waals surface area contributed by atoms with Gasteiger partial charge in [-0.2, -0.15) is 0 Å². The molecule has 0 bridgehead atoms. The minimum absolute atomic E-state index is 0.0713. The van der Waals surface area contributed by atoms with Gasteiger partial charge in [-0.05, 0) is 38.1 Å². The number of benzene rings is 2. The first-order valence-corrected chi connectivity index (χ1v) is 10.1. The van der Waals surface area contributed by atoms with Crippen LogP contribution in [0.4, 0.5) is 5.69 Å². The van der Waals surface area contributed by atoms with Crippen molar-refractivity contribution < 1.29 is 33.4 Å². The van der Waals surface area contributed by atoms with Crippen LogP contribution in [0.25, 0.3) is 12.2 Å². The summed E-state index contributed by atoms with van der Waals surface area (Å²) in [5, 5.41) is 11.9. The summed E-state index contributed by atoms with van der Waals surface area (Å²) in [5.41, 5.74) is 0.0774. The van der Waals surface area contributed by atoms with Gasteiger partial charge in [0.2, 0.25) is 5.78 Å². The summed E-state index contributed by atoms with van der Waals surface area (Å²) in [6.07, 6.45) is 5.17. The number of hydrogen-bond acceptors (Lipinski definition) is 8. The zero-order valence-corrected chi connectivity index (χ0v) is 18.9. The molecule has 33 heavy (non-hydrogen) atoms. The fraction of sp³-hybridized carbons (Fsp3) is 0.292. The SMILES string of the molecule is COc1cc2c(cc1OC)OCC(C(=O)c1c([N+](=O)[O-])cc3c(c1OC)C=CC(C)(C)O3)=C2. The average molecular weight is 453 g/mol. The molecule has 4 rings (SSSR count). The molecular weight excluding hydrogens is 430 g/mol. The zero-order chi connectivity index (χ0) is 23.9. The molecule has 0 N–H and O–H groups in total. The van der Waals surface area contributed by atoms with Crippen molar-refractivity contribution in [1.29, 1.82) is 0 Å². The Morgan fingerprint density at radius 1 is 1.06 bits per heavy atom. The highest BCUT2D eigenvalue weighted by molar-refractivity contribution is 6.16. The summed E-state index contributed by atoms with van der Waals surface area (Å²) in [7, 11) is 4.38. The molecule has 0 atom stereocenters. The van der Waals surface area contributed by atoms with Crippen molar-refractivity contribution in [3.05, 3.63) is 56.7 Å². The first kappa shape index (κ1) is 22.2. The fourth-order valence-electron chi connectivity index (χ4n) is 3.85. The summed E-state index contributed by atoms with van der Waals surface area (Å²) in [6.45, 7) is 3.58. The van der Waals surface area contributed by atoms with Crippen LogP contribution >= 0.6 is 0 Å². The number of hydrogen-bond donors (Lipinski definition) is 0. The van der Waals surface area contributed by atoms with Crippen LogP contribution in [0.15, 0.2) is 29.8 Å². The minimum atomic E-state index is -0.652. The van der Waals surface area contributed by atoms with Gasteiger partial charge >= 0.3 is 0 Å². The van der Waals surface area contributed by atoms with E-state index in [1.54, 1.807) is 30.4 Å². The zero-order valence-electron chi connectivity index (χ0n) is 18.9. The molecule has 0 aliphatic carbocycles. The third-order valence-electron chi connectivity index (χ3n) is 5.43. The molecule has 2 aliphatic heterocycles. The molecule has 9 nitrogen and oxygen atoms in total. The smallest absolute Gasteiger partial charge is 0.288 e. The third kappa shape index (κ3) is 3.86. The number of methoxy groups -OCH3 is 3. The molecule has 0 radical (unpaired) electrons. The molecular formula is C24H23NO8. The van der Waals surface area contributed by atoms with Gasteiger partial charge in [-0.1, -0.05) is 0 Å².